The third-order valence-corrected chi connectivity index (χ3v) is 9.30. The number of anilines is 1. The minimum atomic E-state index is -4.74. The number of piperazine rings is 1. The van der Waals surface area contributed by atoms with Gasteiger partial charge >= 0.3 is 6.18 Å². The molecular weight excluding hydrogens is 625 g/mol. The number of fused-ring (bicyclic) bond motifs is 2. The summed E-state index contributed by atoms with van der Waals surface area (Å²) >= 11 is 7.98. The zero-order valence-electron chi connectivity index (χ0n) is 24.7. The number of hydrogen-bond acceptors (Lipinski definition) is 8. The van der Waals surface area contributed by atoms with Gasteiger partial charge in [0.2, 0.25) is 0 Å². The molecule has 0 bridgehead atoms. The van der Waals surface area contributed by atoms with Crippen LogP contribution in [0.25, 0.3) is 32.2 Å². The fourth-order valence-electron chi connectivity index (χ4n) is 5.78. The number of likely N-dealkylation sites (N-methyl/N-ethyl adjacent to an activating group) is 1. The van der Waals surface area contributed by atoms with Crippen LogP contribution in [0.4, 0.5) is 18.9 Å². The Morgan fingerprint density at radius 1 is 1.07 bits per heavy atom. The van der Waals surface area contributed by atoms with Crippen molar-refractivity contribution in [2.24, 2.45) is 0 Å². The number of aromatic nitrogens is 3. The summed E-state index contributed by atoms with van der Waals surface area (Å²) in [5, 5.41) is 10.6. The van der Waals surface area contributed by atoms with E-state index in [0.29, 0.717) is 37.0 Å². The summed E-state index contributed by atoms with van der Waals surface area (Å²) in [7, 11) is 1.88. The Labute approximate surface area is 265 Å². The van der Waals surface area contributed by atoms with Gasteiger partial charge in [-0.15, -0.1) is 11.3 Å². The molecule has 0 saturated carbocycles. The molecule has 3 aromatic heterocycles. The molecule has 6 rings (SSSR count). The van der Waals surface area contributed by atoms with E-state index in [0.717, 1.165) is 32.3 Å². The van der Waals surface area contributed by atoms with E-state index in [2.05, 4.69) is 9.97 Å². The Hall–Kier alpha value is -4.18. The van der Waals surface area contributed by atoms with Gasteiger partial charge in [-0.2, -0.15) is 18.4 Å². The lowest BCUT2D eigenvalue weighted by Crippen LogP contribution is -2.45. The maximum atomic E-state index is 14.3. The number of ether oxygens (including phenoxy) is 1. The van der Waals surface area contributed by atoms with Crippen molar-refractivity contribution in [3.63, 3.8) is 0 Å². The molecule has 13 heteroatoms. The highest BCUT2D eigenvalue weighted by Gasteiger charge is 2.38. The molecule has 0 radical (unpaired) electrons. The minimum absolute atomic E-state index is 0.0497. The molecule has 1 aliphatic rings. The molecule has 1 aliphatic heterocycles. The summed E-state index contributed by atoms with van der Waals surface area (Å²) in [6.45, 7) is 5.30. The molecule has 1 fully saturated rings. The lowest BCUT2D eigenvalue weighted by molar-refractivity contribution is -0.137. The molecule has 232 valence electrons. The summed E-state index contributed by atoms with van der Waals surface area (Å²) < 4.78 is 51.5. The van der Waals surface area contributed by atoms with Gasteiger partial charge in [0, 0.05) is 53.4 Å². The van der Waals surface area contributed by atoms with E-state index in [1.807, 2.05) is 43.1 Å². The normalized spacial score (nSPS) is 14.3. The molecule has 1 saturated heterocycles. The molecule has 0 atom stereocenters. The molecule has 5 aromatic rings. The lowest BCUT2D eigenvalue weighted by Gasteiger charge is -2.36. The number of pyridine rings is 1. The SMILES string of the molecule is Cc1cc2nccc(-c3cc(Cl)ccc3OCCn3c(C)nc4cc(C(F)(F)F)c(N5CCN(C)CC5)c(C#N)c4c3=O)c2s1. The van der Waals surface area contributed by atoms with Crippen LogP contribution in [0.15, 0.2) is 47.4 Å². The number of hydrogen-bond donors (Lipinski definition) is 0. The van der Waals surface area contributed by atoms with E-state index in [4.69, 9.17) is 16.3 Å². The Bertz CT molecular complexity index is 2040. The van der Waals surface area contributed by atoms with Crippen LogP contribution in [0.5, 0.6) is 5.75 Å². The van der Waals surface area contributed by atoms with E-state index in [-0.39, 0.29) is 41.1 Å². The quantitative estimate of drug-likeness (QED) is 0.203. The molecule has 8 nitrogen and oxygen atoms in total. The number of benzene rings is 2. The predicted octanol–water partition coefficient (Wildman–Crippen LogP) is 6.66. The van der Waals surface area contributed by atoms with Gasteiger partial charge < -0.3 is 14.5 Å². The second-order valence-corrected chi connectivity index (χ2v) is 12.7. The summed E-state index contributed by atoms with van der Waals surface area (Å²) in [5.74, 6) is 0.754. The molecule has 0 unspecified atom stereocenters. The van der Waals surface area contributed by atoms with Crippen LogP contribution in [-0.4, -0.2) is 59.3 Å². The number of halogens is 4. The van der Waals surface area contributed by atoms with Crippen molar-refractivity contribution >= 4 is 49.7 Å². The second kappa shape index (κ2) is 12.0. The maximum absolute atomic E-state index is 14.3. The zero-order valence-corrected chi connectivity index (χ0v) is 26.3. The first kappa shape index (κ1) is 30.8. The van der Waals surface area contributed by atoms with Gasteiger partial charge in [-0.1, -0.05) is 11.6 Å². The molecule has 0 amide bonds. The molecule has 0 spiro atoms. The first-order chi connectivity index (χ1) is 21.5. The van der Waals surface area contributed by atoms with E-state index < -0.39 is 17.3 Å². The maximum Gasteiger partial charge on any atom is 0.418 e. The molecule has 0 aliphatic carbocycles. The van der Waals surface area contributed by atoms with Gasteiger partial charge in [0.1, 0.15) is 24.3 Å². The Morgan fingerprint density at radius 2 is 1.82 bits per heavy atom. The fourth-order valence-corrected chi connectivity index (χ4v) is 6.95. The average molecular weight is 653 g/mol. The molecular formula is C32H28ClF3N6O2S. The van der Waals surface area contributed by atoms with Gasteiger partial charge in [0.15, 0.2) is 0 Å². The highest BCUT2D eigenvalue weighted by Crippen LogP contribution is 2.42. The Kier molecular flexibility index (Phi) is 8.20. The van der Waals surface area contributed by atoms with Crippen LogP contribution in [0.1, 0.15) is 21.8 Å². The third-order valence-electron chi connectivity index (χ3n) is 7.99. The zero-order chi connectivity index (χ0) is 32.0. The Morgan fingerprint density at radius 3 is 2.53 bits per heavy atom. The largest absolute Gasteiger partial charge is 0.491 e. The summed E-state index contributed by atoms with van der Waals surface area (Å²) in [6.07, 6.45) is -3.01. The van der Waals surface area contributed by atoms with Gasteiger partial charge in [-0.3, -0.25) is 14.3 Å². The number of nitrogens with zero attached hydrogens (tertiary/aromatic N) is 6. The molecule has 0 N–H and O–H groups in total. The van der Waals surface area contributed by atoms with Crippen LogP contribution in [0.2, 0.25) is 5.02 Å². The highest BCUT2D eigenvalue weighted by atomic mass is 35.5. The molecule has 4 heterocycles. The van der Waals surface area contributed by atoms with Gasteiger partial charge in [-0.05, 0) is 57.3 Å². The van der Waals surface area contributed by atoms with Gasteiger partial charge in [-0.25, -0.2) is 4.98 Å². The van der Waals surface area contributed by atoms with E-state index in [1.165, 1.54) is 4.57 Å². The highest BCUT2D eigenvalue weighted by molar-refractivity contribution is 7.19. The van der Waals surface area contributed by atoms with Gasteiger partial charge in [0.05, 0.1) is 44.5 Å². The summed E-state index contributed by atoms with van der Waals surface area (Å²) in [6, 6.07) is 12.0. The van der Waals surface area contributed by atoms with E-state index in [1.54, 1.807) is 41.5 Å². The van der Waals surface area contributed by atoms with Crippen LogP contribution < -0.4 is 15.2 Å². The predicted molar refractivity (Wildman–Crippen MR) is 170 cm³/mol. The fraction of sp³-hybridized carbons (Fsp3) is 0.312. The van der Waals surface area contributed by atoms with E-state index >= 15 is 0 Å². The first-order valence-corrected chi connectivity index (χ1v) is 15.4. The molecule has 2 aromatic carbocycles. The van der Waals surface area contributed by atoms with Crippen molar-refractivity contribution in [3.8, 4) is 22.9 Å². The average Bonchev–Trinajstić information content (AvgIpc) is 3.38. The van der Waals surface area contributed by atoms with Crippen molar-refractivity contribution in [2.75, 3.05) is 44.7 Å². The standard InChI is InChI=1S/C32H28ClF3N6O2S/c1-18-14-26-30(45-18)21(6-7-38-26)22-15-20(33)4-5-27(22)44-13-12-42-19(2)39-25-16-24(32(34,35)36)29(23(17-37)28(25)31(42)43)41-10-8-40(3)9-11-41/h4-7,14-16H,8-13H2,1-3H3. The monoisotopic (exact) mass is 652 g/mol. The Balaban J connectivity index is 1.38. The number of nitriles is 1. The van der Waals surface area contributed by atoms with E-state index in [9.17, 15) is 23.2 Å². The third kappa shape index (κ3) is 5.83. The van der Waals surface area contributed by atoms with Crippen LogP contribution in [0.3, 0.4) is 0 Å². The smallest absolute Gasteiger partial charge is 0.418 e. The van der Waals surface area contributed by atoms with Crippen molar-refractivity contribution in [2.45, 2.75) is 26.6 Å². The van der Waals surface area contributed by atoms with Crippen molar-refractivity contribution in [1.29, 1.82) is 5.26 Å². The first-order valence-electron chi connectivity index (χ1n) is 14.2. The van der Waals surface area contributed by atoms with Crippen LogP contribution in [0, 0.1) is 25.2 Å². The second-order valence-electron chi connectivity index (χ2n) is 11.0. The van der Waals surface area contributed by atoms with Crippen LogP contribution >= 0.6 is 22.9 Å². The lowest BCUT2D eigenvalue weighted by atomic mass is 10.00. The minimum Gasteiger partial charge on any atom is -0.491 e. The topological polar surface area (TPSA) is 87.3 Å². The van der Waals surface area contributed by atoms with Gasteiger partial charge in [0.25, 0.3) is 5.56 Å². The number of alkyl halides is 3. The van der Waals surface area contributed by atoms with Crippen molar-refractivity contribution in [1.82, 2.24) is 19.4 Å². The molecule has 45 heavy (non-hydrogen) atoms. The van der Waals surface area contributed by atoms with Crippen LogP contribution in [-0.2, 0) is 12.7 Å². The number of thiophene rings is 1. The number of aryl methyl sites for hydroxylation is 2. The summed E-state index contributed by atoms with van der Waals surface area (Å²) in [5.41, 5.74) is 0.229. The summed E-state index contributed by atoms with van der Waals surface area (Å²) in [4.78, 5) is 27.4. The van der Waals surface area contributed by atoms with Crippen molar-refractivity contribution < 1.29 is 17.9 Å². The van der Waals surface area contributed by atoms with Crippen molar-refractivity contribution in [3.05, 3.63) is 79.8 Å². The number of rotatable bonds is 6.